The molecule has 1 aromatic carbocycles. The molecule has 1 rings (SSSR count). The van der Waals surface area contributed by atoms with Crippen molar-refractivity contribution >= 4 is 18.3 Å². The first kappa shape index (κ1) is 8.40. The van der Waals surface area contributed by atoms with Crippen LogP contribution in [0.5, 0.6) is 0 Å². The fourth-order valence-electron chi connectivity index (χ4n) is 0.840. The third-order valence-electron chi connectivity index (χ3n) is 1.33. The number of thiol groups is 1. The van der Waals surface area contributed by atoms with Gasteiger partial charge in [-0.05, 0) is 25.1 Å². The smallest absolute Gasteiger partial charge is 0.125 e. The van der Waals surface area contributed by atoms with Gasteiger partial charge in [0.25, 0.3) is 0 Å². The van der Waals surface area contributed by atoms with Crippen molar-refractivity contribution in [2.24, 2.45) is 0 Å². The number of benzene rings is 1. The molecule has 0 heterocycles. The van der Waals surface area contributed by atoms with Gasteiger partial charge >= 0.3 is 0 Å². The molecule has 0 unspecified atom stereocenters. The van der Waals surface area contributed by atoms with Crippen LogP contribution >= 0.6 is 12.6 Å². The maximum absolute atomic E-state index is 12.6. The molecular formula is C8H10FNS. The van der Waals surface area contributed by atoms with Crippen molar-refractivity contribution in [1.82, 2.24) is 0 Å². The molecule has 0 fully saturated rings. The summed E-state index contributed by atoms with van der Waals surface area (Å²) in [7, 11) is 0. The third kappa shape index (κ3) is 2.12. The first-order chi connectivity index (χ1) is 5.24. The van der Waals surface area contributed by atoms with Crippen LogP contribution in [0.25, 0.3) is 0 Å². The molecule has 1 N–H and O–H groups in total. The Bertz CT molecular complexity index is 250. The normalized spacial score (nSPS) is 9.73. The van der Waals surface area contributed by atoms with Crippen molar-refractivity contribution < 1.29 is 4.39 Å². The van der Waals surface area contributed by atoms with E-state index in [1.165, 1.54) is 12.1 Å². The first-order valence-corrected chi connectivity index (χ1v) is 3.91. The average molecular weight is 171 g/mol. The molecule has 0 radical (unpaired) electrons. The highest BCUT2D eigenvalue weighted by atomic mass is 32.1. The summed E-state index contributed by atoms with van der Waals surface area (Å²) in [6.07, 6.45) is 0. The SMILES string of the molecule is CCNc1cc(F)ccc1S. The topological polar surface area (TPSA) is 12.0 Å². The van der Waals surface area contributed by atoms with Crippen molar-refractivity contribution in [2.75, 3.05) is 11.9 Å². The van der Waals surface area contributed by atoms with E-state index in [9.17, 15) is 4.39 Å². The highest BCUT2D eigenvalue weighted by Gasteiger charge is 1.97. The molecule has 0 aliphatic heterocycles. The van der Waals surface area contributed by atoms with Gasteiger partial charge in [-0.3, -0.25) is 0 Å². The molecule has 0 saturated heterocycles. The lowest BCUT2D eigenvalue weighted by Crippen LogP contribution is -1.97. The summed E-state index contributed by atoms with van der Waals surface area (Å²) in [6, 6.07) is 4.46. The van der Waals surface area contributed by atoms with Crippen LogP contribution in [-0.2, 0) is 0 Å². The van der Waals surface area contributed by atoms with E-state index in [1.807, 2.05) is 6.92 Å². The average Bonchev–Trinajstić information content (AvgIpc) is 1.98. The lowest BCUT2D eigenvalue weighted by Gasteiger charge is -2.05. The van der Waals surface area contributed by atoms with Gasteiger partial charge in [-0.2, -0.15) is 0 Å². The summed E-state index contributed by atoms with van der Waals surface area (Å²) in [5, 5.41) is 3.00. The van der Waals surface area contributed by atoms with Crippen LogP contribution in [0, 0.1) is 5.82 Å². The molecule has 11 heavy (non-hydrogen) atoms. The Morgan fingerprint density at radius 2 is 2.27 bits per heavy atom. The Hall–Kier alpha value is -0.700. The Morgan fingerprint density at radius 1 is 1.55 bits per heavy atom. The molecule has 0 aliphatic carbocycles. The lowest BCUT2D eigenvalue weighted by atomic mass is 10.3. The standard InChI is InChI=1S/C8H10FNS/c1-2-10-7-5-6(9)3-4-8(7)11/h3-5,10-11H,2H2,1H3. The van der Waals surface area contributed by atoms with E-state index in [0.717, 1.165) is 17.1 Å². The Balaban J connectivity index is 2.93. The molecule has 0 spiro atoms. The second kappa shape index (κ2) is 3.62. The van der Waals surface area contributed by atoms with Gasteiger partial charge in [-0.25, -0.2) is 4.39 Å². The number of anilines is 1. The van der Waals surface area contributed by atoms with Crippen LogP contribution in [0.2, 0.25) is 0 Å². The lowest BCUT2D eigenvalue weighted by molar-refractivity contribution is 0.627. The number of nitrogens with one attached hydrogen (secondary N) is 1. The van der Waals surface area contributed by atoms with E-state index in [-0.39, 0.29) is 5.82 Å². The van der Waals surface area contributed by atoms with Crippen LogP contribution in [0.15, 0.2) is 23.1 Å². The van der Waals surface area contributed by atoms with Crippen LogP contribution in [0.1, 0.15) is 6.92 Å². The molecular weight excluding hydrogens is 161 g/mol. The van der Waals surface area contributed by atoms with Crippen molar-refractivity contribution in [3.8, 4) is 0 Å². The summed E-state index contributed by atoms with van der Waals surface area (Å²) in [6.45, 7) is 2.73. The van der Waals surface area contributed by atoms with Gasteiger partial charge in [0.05, 0.1) is 5.69 Å². The first-order valence-electron chi connectivity index (χ1n) is 3.46. The highest BCUT2D eigenvalue weighted by molar-refractivity contribution is 7.80. The molecule has 0 aromatic heterocycles. The zero-order valence-corrected chi connectivity index (χ0v) is 7.16. The van der Waals surface area contributed by atoms with Gasteiger partial charge in [-0.15, -0.1) is 12.6 Å². The Kier molecular flexibility index (Phi) is 2.76. The van der Waals surface area contributed by atoms with E-state index < -0.39 is 0 Å². The summed E-state index contributed by atoms with van der Waals surface area (Å²) >= 11 is 4.15. The van der Waals surface area contributed by atoms with Crippen molar-refractivity contribution in [1.29, 1.82) is 0 Å². The van der Waals surface area contributed by atoms with Gasteiger partial charge in [0.2, 0.25) is 0 Å². The molecule has 0 aliphatic rings. The minimum absolute atomic E-state index is 0.237. The molecule has 60 valence electrons. The predicted octanol–water partition coefficient (Wildman–Crippen LogP) is 2.55. The predicted molar refractivity (Wildman–Crippen MR) is 47.8 cm³/mol. The third-order valence-corrected chi connectivity index (χ3v) is 1.72. The van der Waals surface area contributed by atoms with E-state index in [4.69, 9.17) is 0 Å². The van der Waals surface area contributed by atoms with Crippen LogP contribution < -0.4 is 5.32 Å². The van der Waals surface area contributed by atoms with E-state index in [1.54, 1.807) is 6.07 Å². The second-order valence-corrected chi connectivity index (χ2v) is 2.67. The monoisotopic (exact) mass is 171 g/mol. The van der Waals surface area contributed by atoms with Crippen LogP contribution in [0.3, 0.4) is 0 Å². The number of hydrogen-bond acceptors (Lipinski definition) is 2. The van der Waals surface area contributed by atoms with E-state index in [0.29, 0.717) is 0 Å². The molecule has 0 atom stereocenters. The fourth-order valence-corrected chi connectivity index (χ4v) is 1.06. The van der Waals surface area contributed by atoms with E-state index in [2.05, 4.69) is 17.9 Å². The quantitative estimate of drug-likeness (QED) is 0.652. The van der Waals surface area contributed by atoms with Gasteiger partial charge in [-0.1, -0.05) is 0 Å². The van der Waals surface area contributed by atoms with Gasteiger partial charge < -0.3 is 5.32 Å². The highest BCUT2D eigenvalue weighted by Crippen LogP contribution is 2.19. The molecule has 1 aromatic rings. The fraction of sp³-hybridized carbons (Fsp3) is 0.250. The maximum atomic E-state index is 12.6. The van der Waals surface area contributed by atoms with Gasteiger partial charge in [0, 0.05) is 11.4 Å². The minimum atomic E-state index is -0.237. The zero-order valence-electron chi connectivity index (χ0n) is 6.26. The van der Waals surface area contributed by atoms with Crippen molar-refractivity contribution in [3.05, 3.63) is 24.0 Å². The van der Waals surface area contributed by atoms with Crippen molar-refractivity contribution in [2.45, 2.75) is 11.8 Å². The molecule has 0 saturated carbocycles. The number of rotatable bonds is 2. The number of hydrogen-bond donors (Lipinski definition) is 2. The summed E-state index contributed by atoms with van der Waals surface area (Å²) < 4.78 is 12.6. The maximum Gasteiger partial charge on any atom is 0.125 e. The summed E-state index contributed by atoms with van der Waals surface area (Å²) in [5.41, 5.74) is 0.746. The van der Waals surface area contributed by atoms with Crippen LogP contribution in [0.4, 0.5) is 10.1 Å². The Morgan fingerprint density at radius 3 is 2.91 bits per heavy atom. The van der Waals surface area contributed by atoms with E-state index >= 15 is 0 Å². The summed E-state index contributed by atoms with van der Waals surface area (Å²) in [5.74, 6) is -0.237. The van der Waals surface area contributed by atoms with Crippen LogP contribution in [-0.4, -0.2) is 6.54 Å². The molecule has 0 bridgehead atoms. The van der Waals surface area contributed by atoms with Crippen molar-refractivity contribution in [3.63, 3.8) is 0 Å². The van der Waals surface area contributed by atoms with Gasteiger partial charge in [0.15, 0.2) is 0 Å². The molecule has 1 nitrogen and oxygen atoms in total. The molecule has 3 heteroatoms. The zero-order chi connectivity index (χ0) is 8.27. The summed E-state index contributed by atoms with van der Waals surface area (Å²) in [4.78, 5) is 0.772. The second-order valence-electron chi connectivity index (χ2n) is 2.19. The minimum Gasteiger partial charge on any atom is -0.384 e. The largest absolute Gasteiger partial charge is 0.384 e. The molecule has 0 amide bonds. The Labute approximate surface area is 71.0 Å². The van der Waals surface area contributed by atoms with Gasteiger partial charge in [0.1, 0.15) is 5.82 Å². The number of halogens is 1.